The van der Waals surface area contributed by atoms with Crippen molar-refractivity contribution in [3.63, 3.8) is 0 Å². The summed E-state index contributed by atoms with van der Waals surface area (Å²) in [6.07, 6.45) is 0.719. The van der Waals surface area contributed by atoms with Gasteiger partial charge in [0.1, 0.15) is 6.54 Å². The average Bonchev–Trinajstić information content (AvgIpc) is 2.77. The molecule has 7 nitrogen and oxygen atoms in total. The summed E-state index contributed by atoms with van der Waals surface area (Å²) in [6, 6.07) is 17.7. The van der Waals surface area contributed by atoms with Crippen LogP contribution in [0.1, 0.15) is 34.5 Å². The lowest BCUT2D eigenvalue weighted by Crippen LogP contribution is -2.40. The highest BCUT2D eigenvalue weighted by Crippen LogP contribution is 2.11. The van der Waals surface area contributed by atoms with Crippen molar-refractivity contribution < 1.29 is 9.59 Å². The molecule has 0 aromatic heterocycles. The van der Waals surface area contributed by atoms with Crippen molar-refractivity contribution in [1.29, 1.82) is 0 Å². The third-order valence-electron chi connectivity index (χ3n) is 4.81. The molecule has 2 amide bonds. The molecule has 0 bridgehead atoms. The lowest BCUT2D eigenvalue weighted by Gasteiger charge is -2.19. The maximum atomic E-state index is 12.2. The number of likely N-dealkylation sites (N-methyl/N-ethyl adjacent to an activating group) is 1. The van der Waals surface area contributed by atoms with Gasteiger partial charge in [-0.1, -0.05) is 42.5 Å². The first-order valence-corrected chi connectivity index (χ1v) is 10.4. The van der Waals surface area contributed by atoms with E-state index < -0.39 is 0 Å². The molecule has 2 aromatic rings. The summed E-state index contributed by atoms with van der Waals surface area (Å²) < 4.78 is 0. The van der Waals surface area contributed by atoms with Crippen LogP contribution in [0.3, 0.4) is 0 Å². The fourth-order valence-electron chi connectivity index (χ4n) is 2.91. The van der Waals surface area contributed by atoms with Crippen molar-refractivity contribution in [3.05, 3.63) is 71.3 Å². The van der Waals surface area contributed by atoms with Crippen molar-refractivity contribution >= 4 is 41.8 Å². The van der Waals surface area contributed by atoms with Gasteiger partial charge in [0, 0.05) is 40.3 Å². The van der Waals surface area contributed by atoms with E-state index in [1.807, 2.05) is 54.6 Å². The number of halogens is 1. The first kappa shape index (κ1) is 27.4. The number of rotatable bonds is 8. The molecule has 2 aromatic carbocycles. The zero-order chi connectivity index (χ0) is 22.8. The molecule has 0 heterocycles. The van der Waals surface area contributed by atoms with E-state index in [2.05, 4.69) is 22.5 Å². The summed E-state index contributed by atoms with van der Waals surface area (Å²) in [5.41, 5.74) is 2.86. The summed E-state index contributed by atoms with van der Waals surface area (Å²) >= 11 is 0. The van der Waals surface area contributed by atoms with Crippen LogP contribution in [0.25, 0.3) is 0 Å². The summed E-state index contributed by atoms with van der Waals surface area (Å²) in [4.78, 5) is 31.7. The van der Waals surface area contributed by atoms with Crippen LogP contribution in [0, 0.1) is 0 Å². The molecular formula is C24H34IN5O2. The molecular weight excluding hydrogens is 517 g/mol. The number of carbonyl (C=O) groups excluding carboxylic acids is 2. The van der Waals surface area contributed by atoms with E-state index >= 15 is 0 Å². The molecule has 0 aliphatic heterocycles. The third-order valence-corrected chi connectivity index (χ3v) is 4.81. The van der Waals surface area contributed by atoms with Gasteiger partial charge in [-0.15, -0.1) is 24.0 Å². The molecule has 0 saturated carbocycles. The van der Waals surface area contributed by atoms with Crippen LogP contribution >= 0.6 is 24.0 Å². The molecule has 0 saturated heterocycles. The first-order valence-electron chi connectivity index (χ1n) is 10.4. The molecule has 8 heteroatoms. The molecule has 32 heavy (non-hydrogen) atoms. The smallest absolute Gasteiger partial charge is 0.253 e. The Hall–Kier alpha value is -2.62. The van der Waals surface area contributed by atoms with Crippen LogP contribution in [0.2, 0.25) is 0 Å². The largest absolute Gasteiger partial charge is 0.356 e. The van der Waals surface area contributed by atoms with Gasteiger partial charge >= 0.3 is 0 Å². The van der Waals surface area contributed by atoms with E-state index in [1.165, 1.54) is 4.90 Å². The Kier molecular flexibility index (Phi) is 11.8. The number of guanidine groups is 1. The van der Waals surface area contributed by atoms with Gasteiger partial charge in [-0.2, -0.15) is 0 Å². The van der Waals surface area contributed by atoms with Gasteiger partial charge in [0.2, 0.25) is 5.91 Å². The Balaban J connectivity index is 0.00000512. The summed E-state index contributed by atoms with van der Waals surface area (Å²) in [7, 11) is 6.92. The first-order chi connectivity index (χ1) is 14.8. The SMILES string of the molecule is CC(NC(=NCC(=O)N(C)C)NCCc1cccc(C(=O)N(C)C)c1)c1ccccc1.I. The zero-order valence-corrected chi connectivity index (χ0v) is 21.8. The van der Waals surface area contributed by atoms with E-state index in [-0.39, 0.29) is 48.4 Å². The van der Waals surface area contributed by atoms with Gasteiger partial charge in [-0.05, 0) is 36.6 Å². The van der Waals surface area contributed by atoms with Crippen molar-refractivity contribution in [1.82, 2.24) is 20.4 Å². The summed E-state index contributed by atoms with van der Waals surface area (Å²) in [5.74, 6) is 0.494. The third kappa shape index (κ3) is 8.86. The van der Waals surface area contributed by atoms with E-state index in [9.17, 15) is 9.59 Å². The Morgan fingerprint density at radius 1 is 0.969 bits per heavy atom. The number of nitrogens with zero attached hydrogens (tertiary/aromatic N) is 3. The zero-order valence-electron chi connectivity index (χ0n) is 19.5. The molecule has 0 radical (unpaired) electrons. The van der Waals surface area contributed by atoms with Crippen LogP contribution in [-0.2, 0) is 11.2 Å². The maximum Gasteiger partial charge on any atom is 0.253 e. The number of nitrogens with one attached hydrogen (secondary N) is 2. The lowest BCUT2D eigenvalue weighted by atomic mass is 10.1. The van der Waals surface area contributed by atoms with Crippen LogP contribution in [0.5, 0.6) is 0 Å². The Morgan fingerprint density at radius 2 is 1.66 bits per heavy atom. The van der Waals surface area contributed by atoms with Crippen molar-refractivity contribution in [2.45, 2.75) is 19.4 Å². The lowest BCUT2D eigenvalue weighted by molar-refractivity contribution is -0.127. The van der Waals surface area contributed by atoms with E-state index in [1.54, 1.807) is 33.1 Å². The van der Waals surface area contributed by atoms with Gasteiger partial charge in [0.25, 0.3) is 5.91 Å². The topological polar surface area (TPSA) is 77.0 Å². The summed E-state index contributed by atoms with van der Waals surface area (Å²) in [6.45, 7) is 2.73. The fraction of sp³-hybridized carbons (Fsp3) is 0.375. The molecule has 1 unspecified atom stereocenters. The predicted octanol–water partition coefficient (Wildman–Crippen LogP) is 2.93. The van der Waals surface area contributed by atoms with Gasteiger partial charge < -0.3 is 20.4 Å². The molecule has 2 N–H and O–H groups in total. The monoisotopic (exact) mass is 551 g/mol. The number of hydrogen-bond acceptors (Lipinski definition) is 3. The number of aliphatic imine (C=N–C) groups is 1. The second-order valence-electron chi connectivity index (χ2n) is 7.81. The minimum absolute atomic E-state index is 0. The molecule has 174 valence electrons. The molecule has 0 fully saturated rings. The van der Waals surface area contributed by atoms with Crippen LogP contribution in [-0.4, -0.2) is 68.9 Å². The fourth-order valence-corrected chi connectivity index (χ4v) is 2.91. The predicted molar refractivity (Wildman–Crippen MR) is 141 cm³/mol. The van der Waals surface area contributed by atoms with E-state index in [0.29, 0.717) is 18.1 Å². The molecule has 0 aliphatic rings. The van der Waals surface area contributed by atoms with E-state index in [4.69, 9.17) is 0 Å². The summed E-state index contributed by atoms with van der Waals surface area (Å²) in [5, 5.41) is 6.67. The highest BCUT2D eigenvalue weighted by molar-refractivity contribution is 14.0. The number of carbonyl (C=O) groups is 2. The number of benzene rings is 2. The van der Waals surface area contributed by atoms with Crippen LogP contribution in [0.15, 0.2) is 59.6 Å². The normalized spacial score (nSPS) is 11.7. The highest BCUT2D eigenvalue weighted by Gasteiger charge is 2.11. The molecule has 0 spiro atoms. The second-order valence-corrected chi connectivity index (χ2v) is 7.81. The minimum atomic E-state index is -0.0663. The van der Waals surface area contributed by atoms with Gasteiger partial charge in [-0.3, -0.25) is 9.59 Å². The quantitative estimate of drug-likeness (QED) is 0.301. The molecule has 2 rings (SSSR count). The van der Waals surface area contributed by atoms with Crippen LogP contribution in [0.4, 0.5) is 0 Å². The van der Waals surface area contributed by atoms with Crippen molar-refractivity contribution in [2.75, 3.05) is 41.3 Å². The standard InChI is InChI=1S/C24H33N5O2.HI/c1-18(20-11-7-6-8-12-20)27-24(26-17-22(30)28(2)3)25-15-14-19-10-9-13-21(16-19)23(31)29(4)5;/h6-13,16,18H,14-15,17H2,1-5H3,(H2,25,26,27);1H. The Bertz CT molecular complexity index is 900. The van der Waals surface area contributed by atoms with Gasteiger partial charge in [-0.25, -0.2) is 4.99 Å². The van der Waals surface area contributed by atoms with Crippen LogP contribution < -0.4 is 10.6 Å². The minimum Gasteiger partial charge on any atom is -0.356 e. The highest BCUT2D eigenvalue weighted by atomic mass is 127. The average molecular weight is 551 g/mol. The van der Waals surface area contributed by atoms with Gasteiger partial charge in [0.05, 0.1) is 6.04 Å². The van der Waals surface area contributed by atoms with E-state index in [0.717, 1.165) is 17.5 Å². The van der Waals surface area contributed by atoms with Crippen molar-refractivity contribution in [2.24, 2.45) is 4.99 Å². The maximum absolute atomic E-state index is 12.2. The van der Waals surface area contributed by atoms with Crippen molar-refractivity contribution in [3.8, 4) is 0 Å². The number of hydrogen-bond donors (Lipinski definition) is 2. The molecule has 0 aliphatic carbocycles. The number of amides is 2. The second kappa shape index (κ2) is 13.7. The Morgan fingerprint density at radius 3 is 2.28 bits per heavy atom. The Labute approximate surface area is 208 Å². The molecule has 1 atom stereocenters. The van der Waals surface area contributed by atoms with Gasteiger partial charge in [0.15, 0.2) is 5.96 Å².